The van der Waals surface area contributed by atoms with Crippen molar-refractivity contribution in [3.8, 4) is 0 Å². The van der Waals surface area contributed by atoms with Crippen LogP contribution in [0.2, 0.25) is 0 Å². The number of anilines is 2. The molecule has 0 bridgehead atoms. The lowest BCUT2D eigenvalue weighted by atomic mass is 10.1. The standard InChI is InChI=1S/C21H23F2N3S/c1-25-10-12-26(13-11-25)19-5-2-16(3-6-19)17(15-27)8-9-24-21-7-4-18(22)14-20(21)23/h2-9,14-15,24,27H,10-13H2,1H3/b9-8+,17-15+. The van der Waals surface area contributed by atoms with E-state index >= 15 is 0 Å². The van der Waals surface area contributed by atoms with Crippen molar-refractivity contribution in [1.82, 2.24) is 4.90 Å². The maximum atomic E-state index is 13.7. The van der Waals surface area contributed by atoms with Crippen LogP contribution in [0.3, 0.4) is 0 Å². The highest BCUT2D eigenvalue weighted by molar-refractivity contribution is 7.83. The van der Waals surface area contributed by atoms with E-state index in [2.05, 4.69) is 59.1 Å². The zero-order chi connectivity index (χ0) is 19.2. The number of nitrogens with one attached hydrogen (secondary N) is 1. The fourth-order valence-corrected chi connectivity index (χ4v) is 3.21. The Hall–Kier alpha value is -2.31. The summed E-state index contributed by atoms with van der Waals surface area (Å²) in [4.78, 5) is 4.71. The summed E-state index contributed by atoms with van der Waals surface area (Å²) in [6.07, 6.45) is 3.42. The monoisotopic (exact) mass is 387 g/mol. The number of rotatable bonds is 5. The topological polar surface area (TPSA) is 18.5 Å². The van der Waals surface area contributed by atoms with Gasteiger partial charge in [0, 0.05) is 44.1 Å². The van der Waals surface area contributed by atoms with Crippen molar-refractivity contribution in [2.45, 2.75) is 0 Å². The van der Waals surface area contributed by atoms with E-state index in [9.17, 15) is 8.78 Å². The number of benzene rings is 2. The van der Waals surface area contributed by atoms with Gasteiger partial charge in [-0.3, -0.25) is 0 Å². The molecule has 142 valence electrons. The third-order valence-corrected chi connectivity index (χ3v) is 4.92. The Labute approximate surface area is 164 Å². The predicted octanol–water partition coefficient (Wildman–Crippen LogP) is 4.61. The molecular formula is C21H23F2N3S. The first-order valence-corrected chi connectivity index (χ1v) is 9.35. The van der Waals surface area contributed by atoms with Crippen LogP contribution < -0.4 is 10.2 Å². The fraction of sp³-hybridized carbons (Fsp3) is 0.238. The van der Waals surface area contributed by atoms with Gasteiger partial charge in [-0.2, -0.15) is 12.6 Å². The van der Waals surface area contributed by atoms with Crippen molar-refractivity contribution in [1.29, 1.82) is 0 Å². The van der Waals surface area contributed by atoms with Crippen LogP contribution >= 0.6 is 12.6 Å². The lowest BCUT2D eigenvalue weighted by Crippen LogP contribution is -2.44. The first-order valence-electron chi connectivity index (χ1n) is 8.83. The molecule has 2 aromatic rings. The van der Waals surface area contributed by atoms with Crippen LogP contribution in [0, 0.1) is 11.6 Å². The Morgan fingerprint density at radius 1 is 1.04 bits per heavy atom. The normalized spacial score (nSPS) is 16.1. The Bertz CT molecular complexity index is 826. The Morgan fingerprint density at radius 3 is 2.37 bits per heavy atom. The number of nitrogens with zero attached hydrogens (tertiary/aromatic N) is 2. The smallest absolute Gasteiger partial charge is 0.149 e. The molecule has 1 N–H and O–H groups in total. The van der Waals surface area contributed by atoms with Crippen molar-refractivity contribution < 1.29 is 8.78 Å². The van der Waals surface area contributed by atoms with Crippen molar-refractivity contribution in [2.24, 2.45) is 0 Å². The number of allylic oxidation sites excluding steroid dienone is 2. The van der Waals surface area contributed by atoms with Gasteiger partial charge in [0.25, 0.3) is 0 Å². The number of likely N-dealkylation sites (N-methyl/N-ethyl adjacent to an activating group) is 1. The van der Waals surface area contributed by atoms with Crippen molar-refractivity contribution >= 4 is 29.6 Å². The van der Waals surface area contributed by atoms with Crippen LogP contribution in [0.25, 0.3) is 5.57 Å². The van der Waals surface area contributed by atoms with Crippen LogP contribution in [-0.4, -0.2) is 38.1 Å². The highest BCUT2D eigenvalue weighted by Gasteiger charge is 2.14. The van der Waals surface area contributed by atoms with E-state index in [1.54, 1.807) is 17.7 Å². The quantitative estimate of drug-likeness (QED) is 0.577. The van der Waals surface area contributed by atoms with Crippen molar-refractivity contribution in [3.05, 3.63) is 77.3 Å². The van der Waals surface area contributed by atoms with Gasteiger partial charge < -0.3 is 15.1 Å². The minimum absolute atomic E-state index is 0.219. The Kier molecular flexibility index (Phi) is 6.53. The zero-order valence-corrected chi connectivity index (χ0v) is 16.1. The molecule has 0 spiro atoms. The molecule has 3 rings (SSSR count). The molecule has 1 aliphatic rings. The molecule has 0 atom stereocenters. The third-order valence-electron chi connectivity index (χ3n) is 4.64. The summed E-state index contributed by atoms with van der Waals surface area (Å²) in [7, 11) is 2.14. The minimum Gasteiger partial charge on any atom is -0.369 e. The number of halogens is 2. The van der Waals surface area contributed by atoms with Gasteiger partial charge in [0.05, 0.1) is 5.69 Å². The average Bonchev–Trinajstić information content (AvgIpc) is 2.68. The van der Waals surface area contributed by atoms with E-state index in [-0.39, 0.29) is 5.69 Å². The van der Waals surface area contributed by atoms with Gasteiger partial charge in [-0.15, -0.1) is 0 Å². The van der Waals surface area contributed by atoms with Gasteiger partial charge in [0.2, 0.25) is 0 Å². The van der Waals surface area contributed by atoms with E-state index in [1.807, 2.05) is 0 Å². The van der Waals surface area contributed by atoms with Crippen LogP contribution in [0.15, 0.2) is 60.1 Å². The van der Waals surface area contributed by atoms with E-state index in [0.29, 0.717) is 0 Å². The molecule has 0 aliphatic carbocycles. The zero-order valence-electron chi connectivity index (χ0n) is 15.2. The molecule has 2 aromatic carbocycles. The number of hydrogen-bond donors (Lipinski definition) is 2. The summed E-state index contributed by atoms with van der Waals surface area (Å²) in [5.74, 6) is -1.23. The molecule has 0 aromatic heterocycles. The van der Waals surface area contributed by atoms with Gasteiger partial charge in [0.15, 0.2) is 0 Å². The number of thiol groups is 1. The minimum atomic E-state index is -0.632. The maximum absolute atomic E-state index is 13.7. The van der Waals surface area contributed by atoms with Crippen LogP contribution in [0.5, 0.6) is 0 Å². The number of piperazine rings is 1. The van der Waals surface area contributed by atoms with Gasteiger partial charge in [-0.1, -0.05) is 12.1 Å². The predicted molar refractivity (Wildman–Crippen MR) is 112 cm³/mol. The lowest BCUT2D eigenvalue weighted by Gasteiger charge is -2.34. The fourth-order valence-electron chi connectivity index (χ4n) is 2.97. The molecule has 1 heterocycles. The molecule has 3 nitrogen and oxygen atoms in total. The Morgan fingerprint density at radius 2 is 1.74 bits per heavy atom. The van der Waals surface area contributed by atoms with Gasteiger partial charge in [-0.05, 0) is 53.9 Å². The van der Waals surface area contributed by atoms with E-state index in [4.69, 9.17) is 0 Å². The van der Waals surface area contributed by atoms with Gasteiger partial charge >= 0.3 is 0 Å². The summed E-state index contributed by atoms with van der Waals surface area (Å²) in [5, 5.41) is 4.53. The molecular weight excluding hydrogens is 364 g/mol. The highest BCUT2D eigenvalue weighted by Crippen LogP contribution is 2.23. The highest BCUT2D eigenvalue weighted by atomic mass is 32.1. The first kappa shape index (κ1) is 19.5. The van der Waals surface area contributed by atoms with E-state index in [1.165, 1.54) is 17.8 Å². The molecule has 1 aliphatic heterocycles. The molecule has 0 radical (unpaired) electrons. The number of hydrogen-bond acceptors (Lipinski definition) is 4. The summed E-state index contributed by atoms with van der Waals surface area (Å²) >= 11 is 4.28. The second-order valence-corrected chi connectivity index (χ2v) is 6.78. The largest absolute Gasteiger partial charge is 0.369 e. The molecule has 0 amide bonds. The summed E-state index contributed by atoms with van der Waals surface area (Å²) in [6, 6.07) is 11.8. The lowest BCUT2D eigenvalue weighted by molar-refractivity contribution is 0.313. The molecule has 1 saturated heterocycles. The van der Waals surface area contributed by atoms with Crippen molar-refractivity contribution in [2.75, 3.05) is 43.4 Å². The second-order valence-electron chi connectivity index (χ2n) is 6.52. The molecule has 0 unspecified atom stereocenters. The SMILES string of the molecule is CN1CCN(c2ccc(C(/C=C/Nc3ccc(F)cc3F)=C/S)cc2)CC1. The Balaban J connectivity index is 1.65. The molecule has 1 fully saturated rings. The van der Waals surface area contributed by atoms with Crippen molar-refractivity contribution in [3.63, 3.8) is 0 Å². The summed E-state index contributed by atoms with van der Waals surface area (Å²) in [6.45, 7) is 4.19. The maximum Gasteiger partial charge on any atom is 0.149 e. The summed E-state index contributed by atoms with van der Waals surface area (Å²) < 4.78 is 26.6. The second kappa shape index (κ2) is 9.06. The van der Waals surface area contributed by atoms with Gasteiger partial charge in [0.1, 0.15) is 11.6 Å². The van der Waals surface area contributed by atoms with Gasteiger partial charge in [-0.25, -0.2) is 8.78 Å². The molecule has 27 heavy (non-hydrogen) atoms. The summed E-state index contributed by atoms with van der Waals surface area (Å²) in [5.41, 5.74) is 3.33. The van der Waals surface area contributed by atoms with E-state index < -0.39 is 11.6 Å². The average molecular weight is 387 g/mol. The van der Waals surface area contributed by atoms with Crippen LogP contribution in [-0.2, 0) is 0 Å². The van der Waals surface area contributed by atoms with Crippen LogP contribution in [0.4, 0.5) is 20.2 Å². The van der Waals surface area contributed by atoms with Crippen LogP contribution in [0.1, 0.15) is 5.56 Å². The van der Waals surface area contributed by atoms with E-state index in [0.717, 1.165) is 43.4 Å². The third kappa shape index (κ3) is 5.11. The molecule has 6 heteroatoms. The first-order chi connectivity index (χ1) is 13.1. The molecule has 0 saturated carbocycles.